The predicted molar refractivity (Wildman–Crippen MR) is 162 cm³/mol. The molecule has 9 rings (SSSR count). The van der Waals surface area contributed by atoms with Crippen molar-refractivity contribution in [2.75, 3.05) is 0 Å². The van der Waals surface area contributed by atoms with Gasteiger partial charge < -0.3 is 0 Å². The topological polar surface area (TPSA) is 88.8 Å². The second-order valence-corrected chi connectivity index (χ2v) is 11.2. The van der Waals surface area contributed by atoms with E-state index < -0.39 is 0 Å². The lowest BCUT2D eigenvalue weighted by Crippen LogP contribution is -2.24. The molecule has 6 aromatic rings. The van der Waals surface area contributed by atoms with Gasteiger partial charge in [0.2, 0.25) is 0 Å². The number of hydrogen-bond donors (Lipinski definition) is 0. The highest BCUT2D eigenvalue weighted by Gasteiger charge is 2.17. The van der Waals surface area contributed by atoms with Crippen LogP contribution in [-0.4, -0.2) is 44.5 Å². The molecule has 210 valence electrons. The smallest absolute Gasteiger partial charge is 0.153 e. The Hall–Kier alpha value is -5.12. The minimum atomic E-state index is 0.640. The summed E-state index contributed by atoms with van der Waals surface area (Å²) in [6.07, 6.45) is 5.75. The summed E-state index contributed by atoms with van der Waals surface area (Å²) in [5.41, 5.74) is 9.66. The van der Waals surface area contributed by atoms with Crippen molar-refractivity contribution in [2.24, 2.45) is 0 Å². The largest absolute Gasteiger partial charge is 0.287 e. The molecule has 9 heteroatoms. The summed E-state index contributed by atoms with van der Waals surface area (Å²) in [6.45, 7) is 3.97. The zero-order valence-corrected chi connectivity index (χ0v) is 23.6. The van der Waals surface area contributed by atoms with Crippen LogP contribution in [0.5, 0.6) is 0 Å². The predicted octanol–water partition coefficient (Wildman–Crippen LogP) is 5.21. The Balaban J connectivity index is 1.33. The van der Waals surface area contributed by atoms with Gasteiger partial charge in [-0.25, -0.2) is 19.6 Å². The van der Waals surface area contributed by atoms with Crippen LogP contribution in [0.15, 0.2) is 104 Å². The Morgan fingerprint density at radius 2 is 1.00 bits per heavy atom. The summed E-state index contributed by atoms with van der Waals surface area (Å²) in [6, 6.07) is 29.1. The van der Waals surface area contributed by atoms with Crippen LogP contribution in [0, 0.1) is 0 Å². The first-order valence-electron chi connectivity index (χ1n) is 14.5. The molecule has 0 amide bonds. The highest BCUT2D eigenvalue weighted by atomic mass is 15.3. The first-order valence-corrected chi connectivity index (χ1v) is 14.5. The zero-order chi connectivity index (χ0) is 28.6. The Morgan fingerprint density at radius 3 is 1.60 bits per heavy atom. The van der Waals surface area contributed by atoms with Gasteiger partial charge in [0.25, 0.3) is 0 Å². The Bertz CT molecular complexity index is 1840. The molecule has 2 atom stereocenters. The summed E-state index contributed by atoms with van der Waals surface area (Å²) in [4.78, 5) is 29.3. The van der Waals surface area contributed by atoms with E-state index in [-0.39, 0.29) is 0 Å². The molecule has 2 unspecified atom stereocenters. The van der Waals surface area contributed by atoms with E-state index in [1.807, 2.05) is 41.5 Å². The van der Waals surface area contributed by atoms with Gasteiger partial charge in [0.1, 0.15) is 0 Å². The Labute approximate surface area is 249 Å². The molecule has 6 aromatic heterocycles. The highest BCUT2D eigenvalue weighted by molar-refractivity contribution is 5.56. The number of rotatable bonds is 0. The normalized spacial score (nSPS) is 17.7. The van der Waals surface area contributed by atoms with Gasteiger partial charge >= 0.3 is 0 Å². The van der Waals surface area contributed by atoms with Crippen LogP contribution >= 0.6 is 0 Å². The third-order valence-corrected chi connectivity index (χ3v) is 7.81. The third kappa shape index (κ3) is 5.55. The average Bonchev–Trinajstić information content (AvgIpc) is 3.49. The molecule has 43 heavy (non-hydrogen) atoms. The SMILES string of the molecule is c1cc2nc(c1)-c1cccc(n1)CN1Cc3ccnc(c3)-c3cc(ccn3)CN(C2)Cc2cccc(n2)-n2ccc(n2)C1. The van der Waals surface area contributed by atoms with E-state index in [1.54, 1.807) is 0 Å². The fraction of sp³-hybridized carbons (Fsp3) is 0.176. The van der Waals surface area contributed by atoms with Gasteiger partial charge in [-0.1, -0.05) is 18.2 Å². The van der Waals surface area contributed by atoms with Gasteiger partial charge in [-0.05, 0) is 77.9 Å². The molecule has 0 radical (unpaired) electrons. The van der Waals surface area contributed by atoms with Crippen molar-refractivity contribution in [3.05, 3.63) is 137 Å². The fourth-order valence-corrected chi connectivity index (χ4v) is 5.87. The molecule has 14 bridgehead atoms. The van der Waals surface area contributed by atoms with Crippen molar-refractivity contribution < 1.29 is 0 Å². The van der Waals surface area contributed by atoms with E-state index in [2.05, 4.69) is 76.5 Å². The molecule has 0 fully saturated rings. The molecular weight excluding hydrogens is 534 g/mol. The molecular formula is C34H29N9. The summed E-state index contributed by atoms with van der Waals surface area (Å²) in [7, 11) is 0. The van der Waals surface area contributed by atoms with Crippen molar-refractivity contribution in [1.82, 2.24) is 44.5 Å². The lowest BCUT2D eigenvalue weighted by Gasteiger charge is -2.23. The number of hydrogen-bond acceptors (Lipinski definition) is 8. The lowest BCUT2D eigenvalue weighted by molar-refractivity contribution is 0.240. The third-order valence-electron chi connectivity index (χ3n) is 7.81. The second-order valence-electron chi connectivity index (χ2n) is 11.2. The summed E-state index contributed by atoms with van der Waals surface area (Å²) in [5, 5.41) is 4.94. The molecule has 0 N–H and O–H groups in total. The molecule has 0 aliphatic carbocycles. The molecule has 9 nitrogen and oxygen atoms in total. The maximum Gasteiger partial charge on any atom is 0.153 e. The molecule has 0 saturated heterocycles. The summed E-state index contributed by atoms with van der Waals surface area (Å²) < 4.78 is 1.87. The number of nitrogens with zero attached hydrogens (tertiary/aromatic N) is 9. The number of pyridine rings is 5. The van der Waals surface area contributed by atoms with Gasteiger partial charge in [0.15, 0.2) is 5.82 Å². The summed E-state index contributed by atoms with van der Waals surface area (Å²) >= 11 is 0. The molecule has 3 aliphatic rings. The van der Waals surface area contributed by atoms with Gasteiger partial charge in [0.05, 0.1) is 45.6 Å². The second kappa shape index (κ2) is 10.9. The van der Waals surface area contributed by atoms with E-state index in [4.69, 9.17) is 30.0 Å². The standard InChI is InChI=1S/C34H29N9/c1-4-26-20-41-18-24-10-13-35-32(16-24)33-17-25(11-14-36-33)19-42(21-27-5-2-8-31(38-27)30(7-1)37-26)23-29-12-15-43(40-29)34-9-3-6-28(22-41)39-34/h1-17H,18-23H2. The quantitative estimate of drug-likeness (QED) is 0.249. The minimum Gasteiger partial charge on any atom is -0.287 e. The number of aromatic nitrogens is 7. The van der Waals surface area contributed by atoms with E-state index in [0.29, 0.717) is 39.3 Å². The molecule has 9 heterocycles. The molecule has 0 saturated carbocycles. The van der Waals surface area contributed by atoms with Gasteiger partial charge in [-0.2, -0.15) is 5.10 Å². The van der Waals surface area contributed by atoms with Gasteiger partial charge in [0, 0.05) is 57.9 Å². The maximum absolute atomic E-state index is 5.07. The van der Waals surface area contributed by atoms with Crippen LogP contribution in [0.25, 0.3) is 28.6 Å². The maximum atomic E-state index is 5.07. The van der Waals surface area contributed by atoms with Crippen molar-refractivity contribution in [3.8, 4) is 28.6 Å². The first-order chi connectivity index (χ1) is 21.2. The van der Waals surface area contributed by atoms with E-state index >= 15 is 0 Å². The lowest BCUT2D eigenvalue weighted by atomic mass is 10.1. The van der Waals surface area contributed by atoms with Gasteiger partial charge in [-0.3, -0.25) is 19.8 Å². The molecule has 0 aromatic carbocycles. The Kier molecular flexibility index (Phi) is 6.51. The Morgan fingerprint density at radius 1 is 0.465 bits per heavy atom. The van der Waals surface area contributed by atoms with Crippen molar-refractivity contribution >= 4 is 0 Å². The monoisotopic (exact) mass is 563 g/mol. The van der Waals surface area contributed by atoms with Crippen LogP contribution in [0.2, 0.25) is 0 Å². The molecule has 3 aliphatic heterocycles. The van der Waals surface area contributed by atoms with Crippen LogP contribution in [0.3, 0.4) is 0 Å². The fourth-order valence-electron chi connectivity index (χ4n) is 5.87. The van der Waals surface area contributed by atoms with Crippen molar-refractivity contribution in [3.63, 3.8) is 0 Å². The van der Waals surface area contributed by atoms with Crippen LogP contribution in [-0.2, 0) is 39.3 Å². The van der Waals surface area contributed by atoms with Crippen LogP contribution in [0.1, 0.15) is 33.9 Å². The van der Waals surface area contributed by atoms with E-state index in [9.17, 15) is 0 Å². The van der Waals surface area contributed by atoms with Crippen LogP contribution < -0.4 is 0 Å². The van der Waals surface area contributed by atoms with Crippen molar-refractivity contribution in [2.45, 2.75) is 39.3 Å². The van der Waals surface area contributed by atoms with E-state index in [0.717, 1.165) is 62.5 Å². The van der Waals surface area contributed by atoms with Crippen molar-refractivity contribution in [1.29, 1.82) is 0 Å². The van der Waals surface area contributed by atoms with E-state index in [1.165, 1.54) is 0 Å². The highest BCUT2D eigenvalue weighted by Crippen LogP contribution is 2.23. The minimum absolute atomic E-state index is 0.640. The molecule has 0 spiro atoms. The van der Waals surface area contributed by atoms with Gasteiger partial charge in [-0.15, -0.1) is 0 Å². The zero-order valence-electron chi connectivity index (χ0n) is 23.6. The summed E-state index contributed by atoms with van der Waals surface area (Å²) in [5.74, 6) is 0.803. The first kappa shape index (κ1) is 25.6. The van der Waals surface area contributed by atoms with Crippen LogP contribution in [0.4, 0.5) is 0 Å². The average molecular weight is 564 g/mol.